The van der Waals surface area contributed by atoms with Crippen LogP contribution in [0.2, 0.25) is 0 Å². The second kappa shape index (κ2) is 5.45. The van der Waals surface area contributed by atoms with E-state index in [-0.39, 0.29) is 11.7 Å². The van der Waals surface area contributed by atoms with Crippen LogP contribution in [0.1, 0.15) is 11.1 Å². The third-order valence-corrected chi connectivity index (χ3v) is 4.53. The first-order valence-corrected chi connectivity index (χ1v) is 7.91. The molecule has 3 heterocycles. The molecule has 0 radical (unpaired) electrons. The number of aromatic amines is 1. The van der Waals surface area contributed by atoms with Crippen molar-refractivity contribution in [2.75, 3.05) is 25.1 Å². The van der Waals surface area contributed by atoms with Gasteiger partial charge in [0.2, 0.25) is 5.95 Å². The van der Waals surface area contributed by atoms with E-state index < -0.39 is 0 Å². The fraction of sp³-hybridized carbons (Fsp3) is 0.353. The Bertz CT molecular complexity index is 949. The van der Waals surface area contributed by atoms with Crippen molar-refractivity contribution in [2.45, 2.75) is 20.0 Å². The summed E-state index contributed by atoms with van der Waals surface area (Å²) < 4.78 is 7.01. The molecule has 7 heteroatoms. The third-order valence-electron chi connectivity index (χ3n) is 4.53. The molecule has 4 rings (SSSR count). The zero-order valence-electron chi connectivity index (χ0n) is 13.9. The lowest BCUT2D eigenvalue weighted by Gasteiger charge is -2.38. The molecule has 1 aromatic carbocycles. The monoisotopic (exact) mass is 325 g/mol. The van der Waals surface area contributed by atoms with Gasteiger partial charge in [-0.3, -0.25) is 9.78 Å². The van der Waals surface area contributed by atoms with Gasteiger partial charge >= 0.3 is 0 Å². The van der Waals surface area contributed by atoms with E-state index in [0.717, 1.165) is 29.9 Å². The molecule has 1 N–H and O–H groups in total. The Morgan fingerprint density at radius 3 is 2.62 bits per heavy atom. The average Bonchev–Trinajstić information content (AvgIpc) is 2.90. The Kier molecular flexibility index (Phi) is 3.38. The number of rotatable bonds is 3. The summed E-state index contributed by atoms with van der Waals surface area (Å²) in [6.45, 7) is 5.51. The van der Waals surface area contributed by atoms with Crippen molar-refractivity contribution in [3.63, 3.8) is 0 Å². The summed E-state index contributed by atoms with van der Waals surface area (Å²) in [6, 6.07) is 6.07. The number of anilines is 1. The van der Waals surface area contributed by atoms with Gasteiger partial charge < -0.3 is 9.64 Å². The number of aromatic nitrogens is 4. The maximum atomic E-state index is 12.4. The zero-order chi connectivity index (χ0) is 16.8. The van der Waals surface area contributed by atoms with E-state index in [9.17, 15) is 4.79 Å². The molecule has 1 saturated heterocycles. The molecule has 24 heavy (non-hydrogen) atoms. The van der Waals surface area contributed by atoms with Gasteiger partial charge in [0.1, 0.15) is 5.39 Å². The number of nitrogens with one attached hydrogen (secondary N) is 1. The van der Waals surface area contributed by atoms with Gasteiger partial charge in [-0.2, -0.15) is 4.98 Å². The fourth-order valence-corrected chi connectivity index (χ4v) is 3.10. The van der Waals surface area contributed by atoms with Crippen molar-refractivity contribution in [1.82, 2.24) is 19.7 Å². The van der Waals surface area contributed by atoms with Gasteiger partial charge in [-0.15, -0.1) is 5.10 Å². The van der Waals surface area contributed by atoms with Gasteiger partial charge in [-0.05, 0) is 25.0 Å². The number of hydrogen-bond acceptors (Lipinski definition) is 5. The van der Waals surface area contributed by atoms with Crippen LogP contribution in [0.3, 0.4) is 0 Å². The summed E-state index contributed by atoms with van der Waals surface area (Å²) in [5, 5.41) is 5.02. The second-order valence-electron chi connectivity index (χ2n) is 6.20. The summed E-state index contributed by atoms with van der Waals surface area (Å²) in [5.74, 6) is 0.549. The van der Waals surface area contributed by atoms with Crippen LogP contribution in [0.15, 0.2) is 29.2 Å². The summed E-state index contributed by atoms with van der Waals surface area (Å²) in [6.07, 6.45) is 1.94. The van der Waals surface area contributed by atoms with Crippen molar-refractivity contribution < 1.29 is 4.74 Å². The number of nitrogens with zero attached hydrogens (tertiary/aromatic N) is 4. The van der Waals surface area contributed by atoms with Crippen molar-refractivity contribution in [1.29, 1.82) is 0 Å². The van der Waals surface area contributed by atoms with Gasteiger partial charge in [0, 0.05) is 26.4 Å². The Hall–Kier alpha value is -2.67. The smallest absolute Gasteiger partial charge is 0.263 e. The minimum Gasteiger partial charge on any atom is -0.378 e. The summed E-state index contributed by atoms with van der Waals surface area (Å²) >= 11 is 0. The molecule has 1 aliphatic heterocycles. The number of para-hydroxylation sites is 1. The molecule has 0 bridgehead atoms. The molecule has 0 atom stereocenters. The van der Waals surface area contributed by atoms with Crippen LogP contribution in [0, 0.1) is 13.8 Å². The van der Waals surface area contributed by atoms with Crippen LogP contribution < -0.4 is 10.5 Å². The Balaban J connectivity index is 1.79. The van der Waals surface area contributed by atoms with Crippen LogP contribution in [0.5, 0.6) is 0 Å². The van der Waals surface area contributed by atoms with Crippen LogP contribution in [0.25, 0.3) is 16.7 Å². The number of H-pyrrole nitrogens is 1. The molecular formula is C17H19N5O2. The van der Waals surface area contributed by atoms with Crippen LogP contribution in [0.4, 0.5) is 5.95 Å². The van der Waals surface area contributed by atoms with Crippen LogP contribution >= 0.6 is 0 Å². The fourth-order valence-electron chi connectivity index (χ4n) is 3.10. The first-order chi connectivity index (χ1) is 11.6. The summed E-state index contributed by atoms with van der Waals surface area (Å²) in [4.78, 5) is 21.7. The zero-order valence-corrected chi connectivity index (χ0v) is 13.9. The highest BCUT2D eigenvalue weighted by molar-refractivity contribution is 5.75. The van der Waals surface area contributed by atoms with Gasteiger partial charge in [-0.25, -0.2) is 4.68 Å². The van der Waals surface area contributed by atoms with Crippen LogP contribution in [-0.4, -0.2) is 46.1 Å². The van der Waals surface area contributed by atoms with E-state index in [1.165, 1.54) is 0 Å². The van der Waals surface area contributed by atoms with E-state index in [1.54, 1.807) is 18.0 Å². The molecule has 1 fully saturated rings. The van der Waals surface area contributed by atoms with Gasteiger partial charge in [0.25, 0.3) is 5.56 Å². The normalized spacial score (nSPS) is 15.0. The highest BCUT2D eigenvalue weighted by Crippen LogP contribution is 2.21. The van der Waals surface area contributed by atoms with E-state index in [1.807, 2.05) is 36.9 Å². The van der Waals surface area contributed by atoms with E-state index in [2.05, 4.69) is 15.1 Å². The van der Waals surface area contributed by atoms with Crippen molar-refractivity contribution in [3.8, 4) is 5.69 Å². The van der Waals surface area contributed by atoms with Gasteiger partial charge in [-0.1, -0.05) is 18.2 Å². The predicted octanol–water partition coefficient (Wildman–Crippen LogP) is 1.56. The van der Waals surface area contributed by atoms with E-state index in [4.69, 9.17) is 4.74 Å². The minimum absolute atomic E-state index is 0.173. The molecule has 1 aliphatic rings. The number of hydrogen-bond donors (Lipinski definition) is 1. The standard InChI is InChI=1S/C17H19N5O2/c1-10-5-4-6-11(2)14(10)22-9-13-15(20-22)18-17(19-16(13)23)21-7-12(8-21)24-3/h4-6,9,12H,7-8H2,1-3H3,(H,18,19,20,23). The lowest BCUT2D eigenvalue weighted by atomic mass is 10.1. The molecule has 0 amide bonds. The topological polar surface area (TPSA) is 76.0 Å². The number of methoxy groups -OCH3 is 1. The summed E-state index contributed by atoms with van der Waals surface area (Å²) in [7, 11) is 1.69. The van der Waals surface area contributed by atoms with Crippen molar-refractivity contribution in [3.05, 3.63) is 45.9 Å². The molecule has 2 aromatic heterocycles. The molecule has 7 nitrogen and oxygen atoms in total. The molecule has 124 valence electrons. The first kappa shape index (κ1) is 14.9. The lowest BCUT2D eigenvalue weighted by Crippen LogP contribution is -2.52. The molecular weight excluding hydrogens is 306 g/mol. The molecule has 0 spiro atoms. The number of fused-ring (bicyclic) bond motifs is 1. The predicted molar refractivity (Wildman–Crippen MR) is 92.0 cm³/mol. The Labute approximate surface area is 138 Å². The maximum Gasteiger partial charge on any atom is 0.263 e. The number of benzene rings is 1. The minimum atomic E-state index is -0.173. The molecule has 0 aliphatic carbocycles. The Morgan fingerprint density at radius 1 is 1.25 bits per heavy atom. The van der Waals surface area contributed by atoms with Crippen molar-refractivity contribution in [2.24, 2.45) is 0 Å². The molecule has 3 aromatic rings. The van der Waals surface area contributed by atoms with Crippen LogP contribution in [-0.2, 0) is 4.74 Å². The summed E-state index contributed by atoms with van der Waals surface area (Å²) in [5.41, 5.74) is 3.47. The SMILES string of the molecule is COC1CN(c2nc3nn(-c4c(C)cccc4C)cc3c(=O)[nH]2)C1. The molecule has 0 unspecified atom stereocenters. The van der Waals surface area contributed by atoms with E-state index >= 15 is 0 Å². The van der Waals surface area contributed by atoms with Gasteiger partial charge in [0.15, 0.2) is 5.65 Å². The Morgan fingerprint density at radius 2 is 1.96 bits per heavy atom. The third kappa shape index (κ3) is 2.28. The molecule has 0 saturated carbocycles. The lowest BCUT2D eigenvalue weighted by molar-refractivity contribution is 0.0778. The van der Waals surface area contributed by atoms with Gasteiger partial charge in [0.05, 0.1) is 11.8 Å². The number of ether oxygens (including phenoxy) is 1. The first-order valence-electron chi connectivity index (χ1n) is 7.91. The maximum absolute atomic E-state index is 12.4. The average molecular weight is 325 g/mol. The quantitative estimate of drug-likeness (QED) is 0.791. The highest BCUT2D eigenvalue weighted by Gasteiger charge is 2.28. The largest absolute Gasteiger partial charge is 0.378 e. The van der Waals surface area contributed by atoms with E-state index in [0.29, 0.717) is 17.0 Å². The number of aryl methyl sites for hydroxylation is 2. The second-order valence-corrected chi connectivity index (χ2v) is 6.20. The highest BCUT2D eigenvalue weighted by atomic mass is 16.5. The van der Waals surface area contributed by atoms with Crippen molar-refractivity contribution >= 4 is 17.0 Å².